The summed E-state index contributed by atoms with van der Waals surface area (Å²) in [5.74, 6) is -0.286. The van der Waals surface area contributed by atoms with Crippen molar-refractivity contribution in [1.29, 1.82) is 0 Å². The van der Waals surface area contributed by atoms with Gasteiger partial charge in [0.25, 0.3) is 5.91 Å². The second-order valence-corrected chi connectivity index (χ2v) is 5.82. The highest BCUT2D eigenvalue weighted by molar-refractivity contribution is 7.13. The third-order valence-corrected chi connectivity index (χ3v) is 3.90. The van der Waals surface area contributed by atoms with Crippen molar-refractivity contribution in [3.63, 3.8) is 0 Å². The number of alkyl halides is 3. The van der Waals surface area contributed by atoms with Crippen LogP contribution in [0.3, 0.4) is 0 Å². The van der Waals surface area contributed by atoms with Crippen molar-refractivity contribution in [1.82, 2.24) is 19.9 Å². The van der Waals surface area contributed by atoms with E-state index in [4.69, 9.17) is 4.42 Å². The molecule has 6 nitrogen and oxygen atoms in total. The largest absolute Gasteiger partial charge is 0.467 e. The fourth-order valence-electron chi connectivity index (χ4n) is 2.05. The number of furan rings is 1. The number of aromatic nitrogens is 3. The average Bonchev–Trinajstić information content (AvgIpc) is 3.25. The van der Waals surface area contributed by atoms with Crippen LogP contribution in [0.25, 0.3) is 10.8 Å². The van der Waals surface area contributed by atoms with E-state index in [0.29, 0.717) is 15.7 Å². The van der Waals surface area contributed by atoms with E-state index in [9.17, 15) is 18.0 Å². The van der Waals surface area contributed by atoms with Gasteiger partial charge in [-0.2, -0.15) is 13.2 Å². The van der Waals surface area contributed by atoms with Crippen molar-refractivity contribution < 1.29 is 22.4 Å². The molecule has 3 aromatic heterocycles. The molecule has 0 spiro atoms. The standard InChI is InChI=1S/C15H11F3N4O2S/c16-15(17,18)9-22(7-10-3-1-6-24-10)14(23)11-8-25-13(21-11)12-19-4-2-5-20-12/h1-6,8H,7,9H2. The molecule has 0 aromatic carbocycles. The molecule has 0 aliphatic heterocycles. The summed E-state index contributed by atoms with van der Waals surface area (Å²) in [6.07, 6.45) is -0.181. The number of thiazole rings is 1. The molecular formula is C15H11F3N4O2S. The average molecular weight is 368 g/mol. The first-order chi connectivity index (χ1) is 11.9. The molecule has 3 heterocycles. The highest BCUT2D eigenvalue weighted by Crippen LogP contribution is 2.23. The first-order valence-corrected chi connectivity index (χ1v) is 7.92. The van der Waals surface area contributed by atoms with E-state index in [1.54, 1.807) is 12.1 Å². The van der Waals surface area contributed by atoms with Gasteiger partial charge in [0, 0.05) is 17.8 Å². The molecule has 25 heavy (non-hydrogen) atoms. The molecule has 0 saturated heterocycles. The topological polar surface area (TPSA) is 72.1 Å². The predicted octanol–water partition coefficient (Wildman–Crippen LogP) is 3.40. The van der Waals surface area contributed by atoms with Crippen LogP contribution < -0.4 is 0 Å². The van der Waals surface area contributed by atoms with Crippen LogP contribution in [-0.4, -0.2) is 38.5 Å². The van der Waals surface area contributed by atoms with Crippen LogP contribution in [-0.2, 0) is 6.54 Å². The second kappa shape index (κ2) is 7.01. The van der Waals surface area contributed by atoms with Gasteiger partial charge in [-0.1, -0.05) is 0 Å². The number of carbonyl (C=O) groups is 1. The number of carbonyl (C=O) groups excluding carboxylic acids is 1. The van der Waals surface area contributed by atoms with Crippen molar-refractivity contribution >= 4 is 17.2 Å². The molecule has 3 aromatic rings. The smallest absolute Gasteiger partial charge is 0.406 e. The monoisotopic (exact) mass is 368 g/mol. The Labute approximate surface area is 144 Å². The van der Waals surface area contributed by atoms with Crippen LogP contribution in [0.5, 0.6) is 0 Å². The van der Waals surface area contributed by atoms with Crippen LogP contribution in [0.2, 0.25) is 0 Å². The maximum absolute atomic E-state index is 12.8. The van der Waals surface area contributed by atoms with Gasteiger partial charge >= 0.3 is 6.18 Å². The lowest BCUT2D eigenvalue weighted by atomic mass is 10.3. The Hall–Kier alpha value is -2.75. The Bertz CT molecular complexity index is 834. The van der Waals surface area contributed by atoms with Crippen molar-refractivity contribution in [2.45, 2.75) is 12.7 Å². The minimum Gasteiger partial charge on any atom is -0.467 e. The van der Waals surface area contributed by atoms with Gasteiger partial charge in [0.2, 0.25) is 0 Å². The molecule has 0 radical (unpaired) electrons. The quantitative estimate of drug-likeness (QED) is 0.690. The summed E-state index contributed by atoms with van der Waals surface area (Å²) < 4.78 is 43.5. The lowest BCUT2D eigenvalue weighted by Crippen LogP contribution is -2.38. The number of rotatable bonds is 5. The van der Waals surface area contributed by atoms with Gasteiger partial charge in [-0.15, -0.1) is 11.3 Å². The molecule has 0 bridgehead atoms. The zero-order valence-corrected chi connectivity index (χ0v) is 13.4. The van der Waals surface area contributed by atoms with Crippen LogP contribution in [0, 0.1) is 0 Å². The fourth-order valence-corrected chi connectivity index (χ4v) is 2.79. The molecule has 3 rings (SSSR count). The summed E-state index contributed by atoms with van der Waals surface area (Å²) >= 11 is 1.09. The van der Waals surface area contributed by atoms with E-state index in [-0.39, 0.29) is 18.0 Å². The zero-order valence-electron chi connectivity index (χ0n) is 12.6. The van der Waals surface area contributed by atoms with E-state index >= 15 is 0 Å². The number of nitrogens with zero attached hydrogens (tertiary/aromatic N) is 4. The molecule has 1 amide bonds. The minimum absolute atomic E-state index is 0.0942. The Morgan fingerprint density at radius 3 is 2.64 bits per heavy atom. The highest BCUT2D eigenvalue weighted by Gasteiger charge is 2.34. The van der Waals surface area contributed by atoms with E-state index in [2.05, 4.69) is 15.0 Å². The van der Waals surface area contributed by atoms with Crippen molar-refractivity contribution in [2.24, 2.45) is 0 Å². The van der Waals surface area contributed by atoms with Gasteiger partial charge in [0.15, 0.2) is 10.8 Å². The predicted molar refractivity (Wildman–Crippen MR) is 82.6 cm³/mol. The Kier molecular flexibility index (Phi) is 4.79. The van der Waals surface area contributed by atoms with Crippen LogP contribution in [0.1, 0.15) is 16.2 Å². The summed E-state index contributed by atoms with van der Waals surface area (Å²) in [6.45, 7) is -1.71. The van der Waals surface area contributed by atoms with Gasteiger partial charge in [-0.25, -0.2) is 15.0 Å². The van der Waals surface area contributed by atoms with Crippen LogP contribution in [0.4, 0.5) is 13.2 Å². The van der Waals surface area contributed by atoms with Gasteiger partial charge in [0.1, 0.15) is 18.0 Å². The number of hydrogen-bond acceptors (Lipinski definition) is 6. The summed E-state index contributed by atoms with van der Waals surface area (Å²) in [4.78, 5) is 25.2. The van der Waals surface area contributed by atoms with Crippen molar-refractivity contribution in [3.8, 4) is 10.8 Å². The molecule has 10 heteroatoms. The number of hydrogen-bond donors (Lipinski definition) is 0. The van der Waals surface area contributed by atoms with Crippen molar-refractivity contribution in [3.05, 3.63) is 53.7 Å². The Morgan fingerprint density at radius 2 is 2.00 bits per heavy atom. The lowest BCUT2D eigenvalue weighted by molar-refractivity contribution is -0.142. The van der Waals surface area contributed by atoms with Gasteiger partial charge in [-0.3, -0.25) is 4.79 Å². The van der Waals surface area contributed by atoms with Crippen LogP contribution in [0.15, 0.2) is 46.7 Å². The summed E-state index contributed by atoms with van der Waals surface area (Å²) in [6, 6.07) is 4.66. The van der Waals surface area contributed by atoms with Gasteiger partial charge in [-0.05, 0) is 18.2 Å². The van der Waals surface area contributed by atoms with Crippen molar-refractivity contribution in [2.75, 3.05) is 6.54 Å². The molecule has 0 fully saturated rings. The summed E-state index contributed by atoms with van der Waals surface area (Å²) in [5.41, 5.74) is -0.0942. The SMILES string of the molecule is O=C(c1csc(-c2ncccn2)n1)N(Cc1ccco1)CC(F)(F)F. The maximum atomic E-state index is 12.8. The highest BCUT2D eigenvalue weighted by atomic mass is 32.1. The third kappa shape index (κ3) is 4.41. The summed E-state index contributed by atoms with van der Waals surface area (Å²) in [5, 5.41) is 1.74. The molecular weight excluding hydrogens is 357 g/mol. The van der Waals surface area contributed by atoms with E-state index in [1.807, 2.05) is 0 Å². The zero-order chi connectivity index (χ0) is 17.9. The summed E-state index contributed by atoms with van der Waals surface area (Å²) in [7, 11) is 0. The Balaban J connectivity index is 1.83. The third-order valence-electron chi connectivity index (χ3n) is 3.06. The van der Waals surface area contributed by atoms with Gasteiger partial charge < -0.3 is 9.32 Å². The maximum Gasteiger partial charge on any atom is 0.406 e. The molecule has 0 N–H and O–H groups in total. The molecule has 0 atom stereocenters. The molecule has 0 aliphatic rings. The van der Waals surface area contributed by atoms with E-state index in [0.717, 1.165) is 11.3 Å². The molecule has 130 valence electrons. The number of amides is 1. The first kappa shape index (κ1) is 17.1. The lowest BCUT2D eigenvalue weighted by Gasteiger charge is -2.22. The van der Waals surface area contributed by atoms with Gasteiger partial charge in [0.05, 0.1) is 12.8 Å². The van der Waals surface area contributed by atoms with E-state index in [1.165, 1.54) is 30.1 Å². The normalized spacial score (nSPS) is 11.5. The second-order valence-electron chi connectivity index (χ2n) is 4.97. The Morgan fingerprint density at radius 1 is 1.24 bits per heavy atom. The molecule has 0 saturated carbocycles. The minimum atomic E-state index is -4.54. The van der Waals surface area contributed by atoms with Crippen LogP contribution >= 0.6 is 11.3 Å². The molecule has 0 aliphatic carbocycles. The fraction of sp³-hybridized carbons (Fsp3) is 0.200. The number of halogens is 3. The molecule has 0 unspecified atom stereocenters. The van der Waals surface area contributed by atoms with E-state index < -0.39 is 18.6 Å². The first-order valence-electron chi connectivity index (χ1n) is 7.04.